The molecule has 1 heteroatoms. The first-order valence-electron chi connectivity index (χ1n) is 5.78. The Hall–Kier alpha value is -1.03. The number of rotatable bonds is 2. The predicted octanol–water partition coefficient (Wildman–Crippen LogP) is 4.10. The molecule has 88 valence electrons. The van der Waals surface area contributed by atoms with Crippen LogP contribution in [0.1, 0.15) is 25.0 Å². The van der Waals surface area contributed by atoms with Gasteiger partial charge in [0.25, 0.3) is 0 Å². The summed E-state index contributed by atoms with van der Waals surface area (Å²) >= 11 is 0. The van der Waals surface area contributed by atoms with Crippen molar-refractivity contribution < 1.29 is 17.4 Å². The van der Waals surface area contributed by atoms with Gasteiger partial charge in [0, 0.05) is 0 Å². The van der Waals surface area contributed by atoms with Gasteiger partial charge in [-0.2, -0.15) is 71.8 Å². The molecule has 0 aliphatic rings. The minimum Gasteiger partial charge on any atom is -0.180 e. The van der Waals surface area contributed by atoms with Crippen molar-refractivity contribution in [2.75, 3.05) is 0 Å². The zero-order chi connectivity index (χ0) is 11.6. The van der Waals surface area contributed by atoms with E-state index in [1.165, 1.54) is 11.1 Å². The molecule has 17 heavy (non-hydrogen) atoms. The van der Waals surface area contributed by atoms with Crippen LogP contribution in [0.5, 0.6) is 0 Å². The molecule has 0 unspecified atom stereocenters. The maximum atomic E-state index is 3.12. The zero-order valence-electron chi connectivity index (χ0n) is 10.4. The van der Waals surface area contributed by atoms with Crippen LogP contribution >= 0.6 is 0 Å². The first kappa shape index (κ1) is 16.0. The second-order valence-corrected chi connectivity index (χ2v) is 3.48. The van der Waals surface area contributed by atoms with Gasteiger partial charge < -0.3 is 0 Å². The summed E-state index contributed by atoms with van der Waals surface area (Å²) in [5, 5.41) is 0. The van der Waals surface area contributed by atoms with Crippen molar-refractivity contribution in [1.29, 1.82) is 0 Å². The van der Waals surface area contributed by atoms with Crippen molar-refractivity contribution in [2.24, 2.45) is 0 Å². The van der Waals surface area contributed by atoms with Crippen LogP contribution in [-0.2, 0) is 30.2 Å². The van der Waals surface area contributed by atoms with Gasteiger partial charge in [-0.05, 0) is 0 Å². The number of hydrogen-bond donors (Lipinski definition) is 0. The van der Waals surface area contributed by atoms with Crippen LogP contribution in [0.4, 0.5) is 0 Å². The SMILES string of the molecule is CCc1[c-]cccc1.CCc1[c-]cccc1.[Cr+2]. The van der Waals surface area contributed by atoms with Gasteiger partial charge in [0.1, 0.15) is 0 Å². The molecule has 0 radical (unpaired) electrons. The summed E-state index contributed by atoms with van der Waals surface area (Å²) in [5.41, 5.74) is 2.57. The van der Waals surface area contributed by atoms with Crippen LogP contribution in [0.15, 0.2) is 48.5 Å². The van der Waals surface area contributed by atoms with Gasteiger partial charge in [-0.25, -0.2) is 0 Å². The Morgan fingerprint density at radius 2 is 1.18 bits per heavy atom. The van der Waals surface area contributed by atoms with Gasteiger partial charge in [0.2, 0.25) is 0 Å². The van der Waals surface area contributed by atoms with Gasteiger partial charge in [-0.15, -0.1) is 0 Å². The van der Waals surface area contributed by atoms with Crippen molar-refractivity contribution in [2.45, 2.75) is 26.7 Å². The van der Waals surface area contributed by atoms with E-state index in [0.717, 1.165) is 12.8 Å². The molecule has 2 rings (SSSR count). The Balaban J connectivity index is 0.000000284. The van der Waals surface area contributed by atoms with Crippen LogP contribution in [0.2, 0.25) is 0 Å². The molecule has 0 aromatic heterocycles. The summed E-state index contributed by atoms with van der Waals surface area (Å²) in [6, 6.07) is 22.3. The molecule has 0 amide bonds. The standard InChI is InChI=1S/2C8H9.Cr/c2*1-2-8-6-4-3-5-7-8;/h2*3-6H,2H2,1H3;/q2*-1;+2. The summed E-state index contributed by atoms with van der Waals surface area (Å²) in [6.45, 7) is 4.26. The Kier molecular flexibility index (Phi) is 9.53. The first-order chi connectivity index (χ1) is 7.86. The monoisotopic (exact) mass is 262 g/mol. The number of aryl methyl sites for hydroxylation is 2. The van der Waals surface area contributed by atoms with E-state index in [-0.39, 0.29) is 17.4 Å². The van der Waals surface area contributed by atoms with E-state index in [1.807, 2.05) is 36.4 Å². The van der Waals surface area contributed by atoms with Gasteiger partial charge in [0.05, 0.1) is 0 Å². The summed E-state index contributed by atoms with van der Waals surface area (Å²) in [5.74, 6) is 0. The molecule has 0 heterocycles. The van der Waals surface area contributed by atoms with Crippen molar-refractivity contribution in [3.63, 3.8) is 0 Å². The predicted molar refractivity (Wildman–Crippen MR) is 69.3 cm³/mol. The van der Waals surface area contributed by atoms with Crippen LogP contribution in [0, 0.1) is 12.1 Å². The Morgan fingerprint density at radius 3 is 1.35 bits per heavy atom. The maximum absolute atomic E-state index is 3.12. The van der Waals surface area contributed by atoms with E-state index in [9.17, 15) is 0 Å². The van der Waals surface area contributed by atoms with Crippen LogP contribution in [-0.4, -0.2) is 0 Å². The molecule has 0 aliphatic heterocycles. The summed E-state index contributed by atoms with van der Waals surface area (Å²) in [4.78, 5) is 0. The van der Waals surface area contributed by atoms with E-state index in [1.54, 1.807) is 0 Å². The molecule has 0 atom stereocenters. The minimum atomic E-state index is 0. The molecular weight excluding hydrogens is 244 g/mol. The fourth-order valence-electron chi connectivity index (χ4n) is 1.30. The van der Waals surface area contributed by atoms with E-state index in [4.69, 9.17) is 0 Å². The largest absolute Gasteiger partial charge is 2.00 e. The van der Waals surface area contributed by atoms with Crippen LogP contribution < -0.4 is 0 Å². The second-order valence-electron chi connectivity index (χ2n) is 3.48. The summed E-state index contributed by atoms with van der Waals surface area (Å²) < 4.78 is 0. The van der Waals surface area contributed by atoms with Gasteiger partial charge in [-0.3, -0.25) is 0 Å². The Labute approximate surface area is 116 Å². The third-order valence-electron chi connectivity index (χ3n) is 2.31. The minimum absolute atomic E-state index is 0. The molecule has 0 nitrogen and oxygen atoms in total. The van der Waals surface area contributed by atoms with E-state index >= 15 is 0 Å². The molecule has 0 saturated heterocycles. The van der Waals surface area contributed by atoms with E-state index in [2.05, 4.69) is 38.1 Å². The fraction of sp³-hybridized carbons (Fsp3) is 0.250. The maximum Gasteiger partial charge on any atom is 2.00 e. The molecule has 2 aromatic carbocycles. The Bertz CT molecular complexity index is 328. The first-order valence-corrected chi connectivity index (χ1v) is 5.78. The molecular formula is C16H18Cr. The fourth-order valence-corrected chi connectivity index (χ4v) is 1.30. The molecule has 0 bridgehead atoms. The quantitative estimate of drug-likeness (QED) is 0.715. The van der Waals surface area contributed by atoms with Gasteiger partial charge in [0.15, 0.2) is 0 Å². The van der Waals surface area contributed by atoms with Crippen molar-refractivity contribution in [3.8, 4) is 0 Å². The third kappa shape index (κ3) is 7.00. The molecule has 0 fully saturated rings. The van der Waals surface area contributed by atoms with Gasteiger partial charge in [-0.1, -0.05) is 26.7 Å². The van der Waals surface area contributed by atoms with E-state index in [0.29, 0.717) is 0 Å². The molecule has 0 spiro atoms. The number of benzene rings is 2. The number of hydrogen-bond acceptors (Lipinski definition) is 0. The van der Waals surface area contributed by atoms with Crippen molar-refractivity contribution >= 4 is 0 Å². The zero-order valence-corrected chi connectivity index (χ0v) is 11.7. The Morgan fingerprint density at radius 1 is 0.765 bits per heavy atom. The molecule has 0 saturated carbocycles. The second kappa shape index (κ2) is 10.1. The normalized spacial score (nSPS) is 8.59. The topological polar surface area (TPSA) is 0 Å². The van der Waals surface area contributed by atoms with Crippen molar-refractivity contribution in [3.05, 3.63) is 71.8 Å². The van der Waals surface area contributed by atoms with Crippen LogP contribution in [0.3, 0.4) is 0 Å². The van der Waals surface area contributed by atoms with E-state index < -0.39 is 0 Å². The molecule has 2 aromatic rings. The van der Waals surface area contributed by atoms with Crippen molar-refractivity contribution in [1.82, 2.24) is 0 Å². The summed E-state index contributed by atoms with van der Waals surface area (Å²) in [7, 11) is 0. The molecule has 0 aliphatic carbocycles. The van der Waals surface area contributed by atoms with Crippen LogP contribution in [0.25, 0.3) is 0 Å². The average molecular weight is 262 g/mol. The van der Waals surface area contributed by atoms with Gasteiger partial charge >= 0.3 is 17.4 Å². The summed E-state index contributed by atoms with van der Waals surface area (Å²) in [6.07, 6.45) is 2.17. The third-order valence-corrected chi connectivity index (χ3v) is 2.31. The molecule has 0 N–H and O–H groups in total. The average Bonchev–Trinajstić information content (AvgIpc) is 2.41. The smallest absolute Gasteiger partial charge is 0.180 e.